The highest BCUT2D eigenvalue weighted by Gasteiger charge is 2.22. The van der Waals surface area contributed by atoms with Crippen molar-refractivity contribution in [3.8, 4) is 0 Å². The summed E-state index contributed by atoms with van der Waals surface area (Å²) in [5.74, 6) is -0.294. The average molecular weight is 259 g/mol. The molecule has 0 saturated heterocycles. The summed E-state index contributed by atoms with van der Waals surface area (Å²) in [5, 5.41) is 2.11. The SMILES string of the molecule is CCCCc1c(F)nc(C(C)(C)C)c2ccccc12. The van der Waals surface area contributed by atoms with E-state index < -0.39 is 0 Å². The fourth-order valence-corrected chi connectivity index (χ4v) is 2.45. The second-order valence-corrected chi connectivity index (χ2v) is 6.13. The molecule has 0 N–H and O–H groups in total. The number of unbranched alkanes of at least 4 members (excludes halogenated alkanes) is 1. The van der Waals surface area contributed by atoms with Crippen LogP contribution in [0.2, 0.25) is 0 Å². The highest BCUT2D eigenvalue weighted by Crippen LogP contribution is 2.31. The molecule has 1 aromatic carbocycles. The van der Waals surface area contributed by atoms with Gasteiger partial charge < -0.3 is 0 Å². The van der Waals surface area contributed by atoms with Crippen molar-refractivity contribution in [3.63, 3.8) is 0 Å². The van der Waals surface area contributed by atoms with Crippen LogP contribution in [0.5, 0.6) is 0 Å². The topological polar surface area (TPSA) is 12.9 Å². The number of hydrogen-bond acceptors (Lipinski definition) is 1. The van der Waals surface area contributed by atoms with E-state index in [1.165, 1.54) is 0 Å². The minimum absolute atomic E-state index is 0.149. The first-order valence-electron chi connectivity index (χ1n) is 7.02. The summed E-state index contributed by atoms with van der Waals surface area (Å²) in [7, 11) is 0. The minimum atomic E-state index is -0.294. The van der Waals surface area contributed by atoms with Crippen molar-refractivity contribution in [2.75, 3.05) is 0 Å². The molecule has 0 amide bonds. The molecule has 0 fully saturated rings. The van der Waals surface area contributed by atoms with E-state index in [0.717, 1.165) is 41.3 Å². The lowest BCUT2D eigenvalue weighted by molar-refractivity contribution is 0.519. The molecule has 19 heavy (non-hydrogen) atoms. The van der Waals surface area contributed by atoms with Crippen molar-refractivity contribution in [1.82, 2.24) is 4.98 Å². The molecular weight excluding hydrogens is 237 g/mol. The van der Waals surface area contributed by atoms with Crippen molar-refractivity contribution in [3.05, 3.63) is 41.5 Å². The molecule has 0 aliphatic carbocycles. The molecule has 2 rings (SSSR count). The van der Waals surface area contributed by atoms with Gasteiger partial charge in [0.1, 0.15) is 0 Å². The van der Waals surface area contributed by atoms with E-state index in [0.29, 0.717) is 0 Å². The Bertz CT molecular complexity index is 582. The van der Waals surface area contributed by atoms with Gasteiger partial charge in [-0.1, -0.05) is 58.4 Å². The van der Waals surface area contributed by atoms with Gasteiger partial charge in [-0.3, -0.25) is 0 Å². The van der Waals surface area contributed by atoms with Crippen LogP contribution in [-0.4, -0.2) is 4.98 Å². The molecule has 0 atom stereocenters. The first-order valence-corrected chi connectivity index (χ1v) is 7.02. The smallest absolute Gasteiger partial charge is 0.216 e. The first-order chi connectivity index (χ1) is 8.95. The normalized spacial score (nSPS) is 12.1. The van der Waals surface area contributed by atoms with E-state index >= 15 is 0 Å². The number of aromatic nitrogens is 1. The van der Waals surface area contributed by atoms with Gasteiger partial charge in [0, 0.05) is 16.4 Å². The van der Waals surface area contributed by atoms with E-state index in [4.69, 9.17) is 0 Å². The summed E-state index contributed by atoms with van der Waals surface area (Å²) in [6, 6.07) is 8.04. The summed E-state index contributed by atoms with van der Waals surface area (Å²) >= 11 is 0. The van der Waals surface area contributed by atoms with Gasteiger partial charge in [-0.25, -0.2) is 4.98 Å². The summed E-state index contributed by atoms with van der Waals surface area (Å²) < 4.78 is 14.3. The second kappa shape index (κ2) is 5.28. The van der Waals surface area contributed by atoms with E-state index in [2.05, 4.69) is 38.7 Å². The van der Waals surface area contributed by atoms with Crippen LogP contribution in [0.3, 0.4) is 0 Å². The van der Waals surface area contributed by atoms with Crippen LogP contribution in [0.1, 0.15) is 51.8 Å². The Morgan fingerprint density at radius 2 is 1.74 bits per heavy atom. The number of pyridine rings is 1. The van der Waals surface area contributed by atoms with Crippen molar-refractivity contribution in [2.24, 2.45) is 0 Å². The van der Waals surface area contributed by atoms with Crippen LogP contribution in [0.4, 0.5) is 4.39 Å². The lowest BCUT2D eigenvalue weighted by atomic mass is 9.87. The standard InChI is InChI=1S/C17H22FN/c1-5-6-9-14-12-10-7-8-11-13(12)15(17(2,3)4)19-16(14)18/h7-8,10-11H,5-6,9H2,1-4H3. The van der Waals surface area contributed by atoms with Gasteiger partial charge in [0.05, 0.1) is 5.69 Å². The van der Waals surface area contributed by atoms with Crippen LogP contribution in [0.25, 0.3) is 10.8 Å². The first kappa shape index (κ1) is 14.0. The Morgan fingerprint density at radius 1 is 1.11 bits per heavy atom. The molecule has 0 saturated carbocycles. The predicted molar refractivity (Wildman–Crippen MR) is 79.0 cm³/mol. The van der Waals surface area contributed by atoms with Gasteiger partial charge in [-0.15, -0.1) is 0 Å². The van der Waals surface area contributed by atoms with Gasteiger partial charge in [-0.2, -0.15) is 4.39 Å². The third-order valence-corrected chi connectivity index (χ3v) is 3.46. The van der Waals surface area contributed by atoms with E-state index in [1.54, 1.807) is 0 Å². The Morgan fingerprint density at radius 3 is 2.32 bits per heavy atom. The van der Waals surface area contributed by atoms with Crippen molar-refractivity contribution < 1.29 is 4.39 Å². The number of rotatable bonds is 3. The fourth-order valence-electron chi connectivity index (χ4n) is 2.45. The molecule has 1 nitrogen and oxygen atoms in total. The Labute approximate surface area is 114 Å². The lowest BCUT2D eigenvalue weighted by Crippen LogP contribution is -2.16. The van der Waals surface area contributed by atoms with E-state index in [9.17, 15) is 4.39 Å². The number of hydrogen-bond donors (Lipinski definition) is 0. The molecule has 0 radical (unpaired) electrons. The molecule has 0 aliphatic heterocycles. The third-order valence-electron chi connectivity index (χ3n) is 3.46. The maximum absolute atomic E-state index is 14.3. The van der Waals surface area contributed by atoms with Crippen molar-refractivity contribution in [1.29, 1.82) is 0 Å². The van der Waals surface area contributed by atoms with Crippen LogP contribution in [-0.2, 0) is 11.8 Å². The molecule has 1 aromatic heterocycles. The molecule has 2 heteroatoms. The maximum Gasteiger partial charge on any atom is 0.216 e. The molecule has 0 spiro atoms. The van der Waals surface area contributed by atoms with E-state index in [1.807, 2.05) is 18.2 Å². The highest BCUT2D eigenvalue weighted by atomic mass is 19.1. The molecule has 2 aromatic rings. The number of aryl methyl sites for hydroxylation is 1. The third kappa shape index (κ3) is 2.78. The maximum atomic E-state index is 14.3. The van der Waals surface area contributed by atoms with Gasteiger partial charge in [0.25, 0.3) is 0 Å². The highest BCUT2D eigenvalue weighted by molar-refractivity contribution is 5.88. The molecule has 0 bridgehead atoms. The number of benzene rings is 1. The Kier molecular flexibility index (Phi) is 3.88. The van der Waals surface area contributed by atoms with Gasteiger partial charge in [0.2, 0.25) is 5.95 Å². The fraction of sp³-hybridized carbons (Fsp3) is 0.471. The molecular formula is C17H22FN. The van der Waals surface area contributed by atoms with E-state index in [-0.39, 0.29) is 11.4 Å². The summed E-state index contributed by atoms with van der Waals surface area (Å²) in [5.41, 5.74) is 1.47. The van der Waals surface area contributed by atoms with Crippen molar-refractivity contribution in [2.45, 2.75) is 52.4 Å². The van der Waals surface area contributed by atoms with Crippen LogP contribution in [0.15, 0.2) is 24.3 Å². The lowest BCUT2D eigenvalue weighted by Gasteiger charge is -2.21. The number of fused-ring (bicyclic) bond motifs is 1. The number of halogens is 1. The Hall–Kier alpha value is -1.44. The number of nitrogens with zero attached hydrogens (tertiary/aromatic N) is 1. The van der Waals surface area contributed by atoms with Crippen molar-refractivity contribution >= 4 is 10.8 Å². The molecule has 0 aliphatic rings. The molecule has 0 unspecified atom stereocenters. The largest absolute Gasteiger partial charge is 0.223 e. The van der Waals surface area contributed by atoms with Crippen LogP contribution >= 0.6 is 0 Å². The summed E-state index contributed by atoms with van der Waals surface area (Å²) in [6.07, 6.45) is 2.83. The monoisotopic (exact) mass is 259 g/mol. The zero-order valence-electron chi connectivity index (χ0n) is 12.3. The van der Waals surface area contributed by atoms with Gasteiger partial charge in [0.15, 0.2) is 0 Å². The van der Waals surface area contributed by atoms with Crippen LogP contribution < -0.4 is 0 Å². The minimum Gasteiger partial charge on any atom is -0.223 e. The zero-order valence-corrected chi connectivity index (χ0v) is 12.3. The second-order valence-electron chi connectivity index (χ2n) is 6.13. The molecule has 1 heterocycles. The quantitative estimate of drug-likeness (QED) is 0.706. The average Bonchev–Trinajstić information content (AvgIpc) is 2.36. The predicted octanol–water partition coefficient (Wildman–Crippen LogP) is 5.01. The Balaban J connectivity index is 2.70. The summed E-state index contributed by atoms with van der Waals surface area (Å²) in [4.78, 5) is 4.26. The van der Waals surface area contributed by atoms with Crippen LogP contribution in [0, 0.1) is 5.95 Å². The molecule has 102 valence electrons. The summed E-state index contributed by atoms with van der Waals surface area (Å²) in [6.45, 7) is 8.35. The zero-order chi connectivity index (χ0) is 14.0. The van der Waals surface area contributed by atoms with Gasteiger partial charge in [-0.05, 0) is 18.2 Å². The van der Waals surface area contributed by atoms with Gasteiger partial charge >= 0.3 is 0 Å².